The smallest absolute Gasteiger partial charge is 0.443 e. The predicted molar refractivity (Wildman–Crippen MR) is 98.0 cm³/mol. The molecular weight excluding hydrogens is 356 g/mol. The van der Waals surface area contributed by atoms with Crippen LogP contribution in [0.1, 0.15) is 39.2 Å². The molecule has 8 heteroatoms. The van der Waals surface area contributed by atoms with Gasteiger partial charge < -0.3 is 9.47 Å². The Bertz CT molecular complexity index is 789. The summed E-state index contributed by atoms with van der Waals surface area (Å²) < 4.78 is 29.3. The van der Waals surface area contributed by atoms with Crippen molar-refractivity contribution in [2.75, 3.05) is 13.7 Å². The molecular formula is C18H26N2O5S. The Hall–Kier alpha value is -1.93. The van der Waals surface area contributed by atoms with Gasteiger partial charge in [-0.3, -0.25) is 4.79 Å². The molecule has 144 valence electrons. The standard InChI is InChI=1S/C18H26N2O5S/c1-13-8-10-14(11-9-13)26(23,19-17(22)25-18(2,3)4)20-12-6-7-15(20)16(21)24-5/h8-11,15H,6-7,12H2,1-5H3/t15-,26+/m0/s1. The summed E-state index contributed by atoms with van der Waals surface area (Å²) in [5.74, 6) is -0.485. The number of rotatable bonds is 3. The Balaban J connectivity index is 2.55. The van der Waals surface area contributed by atoms with E-state index < -0.39 is 33.6 Å². The summed E-state index contributed by atoms with van der Waals surface area (Å²) in [6.07, 6.45) is 0.241. The number of benzene rings is 1. The van der Waals surface area contributed by atoms with Crippen LogP contribution in [-0.4, -0.2) is 45.9 Å². The van der Waals surface area contributed by atoms with E-state index in [-0.39, 0.29) is 0 Å². The second-order valence-electron chi connectivity index (χ2n) is 7.20. The lowest BCUT2D eigenvalue weighted by Gasteiger charge is -2.26. The summed E-state index contributed by atoms with van der Waals surface area (Å²) >= 11 is 0. The van der Waals surface area contributed by atoms with E-state index in [2.05, 4.69) is 4.36 Å². The second-order valence-corrected chi connectivity index (χ2v) is 9.32. The van der Waals surface area contributed by atoms with E-state index >= 15 is 0 Å². The number of methoxy groups -OCH3 is 1. The van der Waals surface area contributed by atoms with Gasteiger partial charge in [-0.05, 0) is 52.7 Å². The number of hydrogen-bond donors (Lipinski definition) is 0. The Morgan fingerprint density at radius 1 is 1.23 bits per heavy atom. The lowest BCUT2D eigenvalue weighted by molar-refractivity contribution is -0.144. The molecule has 0 aromatic heterocycles. The highest BCUT2D eigenvalue weighted by Crippen LogP contribution is 2.29. The van der Waals surface area contributed by atoms with Crippen LogP contribution in [0.2, 0.25) is 0 Å². The Morgan fingerprint density at radius 3 is 2.38 bits per heavy atom. The molecule has 1 aromatic carbocycles. The van der Waals surface area contributed by atoms with Gasteiger partial charge in [0.1, 0.15) is 11.6 Å². The molecule has 1 fully saturated rings. The molecule has 1 saturated heterocycles. The van der Waals surface area contributed by atoms with Crippen LogP contribution in [-0.2, 0) is 24.2 Å². The van der Waals surface area contributed by atoms with E-state index in [1.165, 1.54) is 11.4 Å². The third-order valence-electron chi connectivity index (χ3n) is 3.91. The zero-order valence-corrected chi connectivity index (χ0v) is 16.7. The Labute approximate surface area is 155 Å². The molecule has 1 aliphatic heterocycles. The predicted octanol–water partition coefficient (Wildman–Crippen LogP) is 3.31. The molecule has 0 spiro atoms. The average molecular weight is 382 g/mol. The first-order chi connectivity index (χ1) is 12.1. The third-order valence-corrected chi connectivity index (χ3v) is 6.27. The zero-order valence-electron chi connectivity index (χ0n) is 15.9. The first-order valence-electron chi connectivity index (χ1n) is 8.48. The molecule has 1 aliphatic rings. The van der Waals surface area contributed by atoms with Gasteiger partial charge in [0.2, 0.25) is 0 Å². The van der Waals surface area contributed by atoms with Crippen LogP contribution in [0.4, 0.5) is 4.79 Å². The molecule has 1 aromatic rings. The van der Waals surface area contributed by atoms with E-state index in [1.807, 2.05) is 6.92 Å². The summed E-state index contributed by atoms with van der Waals surface area (Å²) in [5.41, 5.74) is 0.222. The largest absolute Gasteiger partial charge is 0.468 e. The van der Waals surface area contributed by atoms with Gasteiger partial charge in [0.15, 0.2) is 9.92 Å². The molecule has 0 radical (unpaired) electrons. The number of carbonyl (C=O) groups is 2. The number of amides is 1. The maximum absolute atomic E-state index is 13.9. The molecule has 0 aliphatic carbocycles. The topological polar surface area (TPSA) is 85.3 Å². The van der Waals surface area contributed by atoms with Crippen LogP contribution in [0.15, 0.2) is 33.5 Å². The van der Waals surface area contributed by atoms with Gasteiger partial charge in [0, 0.05) is 6.54 Å². The minimum atomic E-state index is -3.36. The van der Waals surface area contributed by atoms with Crippen molar-refractivity contribution in [2.45, 2.75) is 57.1 Å². The summed E-state index contributed by atoms with van der Waals surface area (Å²) in [6, 6.07) is 6.21. The average Bonchev–Trinajstić information content (AvgIpc) is 3.03. The van der Waals surface area contributed by atoms with Crippen LogP contribution in [0.25, 0.3) is 0 Å². The van der Waals surface area contributed by atoms with Crippen molar-refractivity contribution in [1.29, 1.82) is 0 Å². The number of esters is 1. The van der Waals surface area contributed by atoms with Crippen LogP contribution < -0.4 is 0 Å². The minimum absolute atomic E-state index is 0.366. The van der Waals surface area contributed by atoms with E-state index in [0.29, 0.717) is 24.3 Å². The summed E-state index contributed by atoms with van der Waals surface area (Å²) in [6.45, 7) is 7.41. The number of aryl methyl sites for hydroxylation is 1. The first kappa shape index (κ1) is 20.4. The van der Waals surface area contributed by atoms with Gasteiger partial charge >= 0.3 is 12.1 Å². The molecule has 2 atom stereocenters. The fourth-order valence-electron chi connectivity index (χ4n) is 2.75. The number of nitrogens with zero attached hydrogens (tertiary/aromatic N) is 2. The molecule has 1 amide bonds. The molecule has 7 nitrogen and oxygen atoms in total. The minimum Gasteiger partial charge on any atom is -0.468 e. The quantitative estimate of drug-likeness (QED) is 0.749. The van der Waals surface area contributed by atoms with Crippen molar-refractivity contribution in [3.05, 3.63) is 29.8 Å². The number of ether oxygens (including phenoxy) is 2. The highest BCUT2D eigenvalue weighted by atomic mass is 32.2. The van der Waals surface area contributed by atoms with Crippen molar-refractivity contribution in [3.63, 3.8) is 0 Å². The number of hydrogen-bond acceptors (Lipinski definition) is 5. The molecule has 0 N–H and O–H groups in total. The van der Waals surface area contributed by atoms with Gasteiger partial charge in [-0.25, -0.2) is 9.00 Å². The van der Waals surface area contributed by atoms with Gasteiger partial charge in [-0.1, -0.05) is 17.7 Å². The van der Waals surface area contributed by atoms with Gasteiger partial charge in [0.05, 0.1) is 12.0 Å². The zero-order chi connectivity index (χ0) is 19.5. The fourth-order valence-corrected chi connectivity index (χ4v) is 4.87. The Morgan fingerprint density at radius 2 is 1.85 bits per heavy atom. The van der Waals surface area contributed by atoms with Crippen molar-refractivity contribution < 1.29 is 23.3 Å². The van der Waals surface area contributed by atoms with Gasteiger partial charge in [-0.2, -0.15) is 4.31 Å². The monoisotopic (exact) mass is 382 g/mol. The number of carbonyl (C=O) groups excluding carboxylic acids is 2. The van der Waals surface area contributed by atoms with Crippen LogP contribution in [0.3, 0.4) is 0 Å². The summed E-state index contributed by atoms with van der Waals surface area (Å²) in [7, 11) is -2.07. The van der Waals surface area contributed by atoms with E-state index in [1.54, 1.807) is 45.0 Å². The maximum atomic E-state index is 13.9. The highest BCUT2D eigenvalue weighted by molar-refractivity contribution is 7.91. The third kappa shape index (κ3) is 4.62. The molecule has 0 bridgehead atoms. The Kier molecular flexibility index (Phi) is 6.08. The van der Waals surface area contributed by atoms with Crippen molar-refractivity contribution >= 4 is 22.0 Å². The van der Waals surface area contributed by atoms with E-state index in [0.717, 1.165) is 5.56 Å². The van der Waals surface area contributed by atoms with Crippen molar-refractivity contribution in [3.8, 4) is 0 Å². The molecule has 26 heavy (non-hydrogen) atoms. The van der Waals surface area contributed by atoms with E-state index in [9.17, 15) is 13.8 Å². The van der Waals surface area contributed by atoms with Crippen LogP contribution in [0.5, 0.6) is 0 Å². The van der Waals surface area contributed by atoms with Crippen molar-refractivity contribution in [1.82, 2.24) is 4.31 Å². The lowest BCUT2D eigenvalue weighted by Crippen LogP contribution is -2.41. The van der Waals surface area contributed by atoms with Gasteiger partial charge in [-0.15, -0.1) is 4.36 Å². The SMILES string of the molecule is COC(=O)[C@@H]1CCCN1[S@](=O)(=NC(=O)OC(C)(C)C)c1ccc(C)cc1. The normalized spacial score (nSPS) is 20.3. The van der Waals surface area contributed by atoms with E-state index in [4.69, 9.17) is 9.47 Å². The lowest BCUT2D eigenvalue weighted by atomic mass is 10.2. The van der Waals surface area contributed by atoms with Crippen LogP contribution >= 0.6 is 0 Å². The molecule has 2 rings (SSSR count). The van der Waals surface area contributed by atoms with Gasteiger partial charge in [0.25, 0.3) is 0 Å². The molecule has 0 unspecified atom stereocenters. The first-order valence-corrected chi connectivity index (χ1v) is 9.95. The summed E-state index contributed by atoms with van der Waals surface area (Å²) in [5, 5.41) is 0. The van der Waals surface area contributed by atoms with Crippen molar-refractivity contribution in [2.24, 2.45) is 4.36 Å². The molecule has 0 saturated carbocycles. The summed E-state index contributed by atoms with van der Waals surface area (Å²) in [4.78, 5) is 24.8. The second kappa shape index (κ2) is 7.75. The fraction of sp³-hybridized carbons (Fsp3) is 0.556. The highest BCUT2D eigenvalue weighted by Gasteiger charge is 2.39. The molecule has 1 heterocycles. The van der Waals surface area contributed by atoms with Crippen LogP contribution in [0, 0.1) is 6.92 Å². The maximum Gasteiger partial charge on any atom is 0.443 e.